The van der Waals surface area contributed by atoms with Crippen molar-refractivity contribution in [2.75, 3.05) is 0 Å². The molecule has 1 aromatic carbocycles. The van der Waals surface area contributed by atoms with Crippen LogP contribution in [0.1, 0.15) is 5.69 Å². The number of aromatic nitrogens is 1. The van der Waals surface area contributed by atoms with Crippen LogP contribution in [-0.2, 0) is 6.42 Å². The SMILES string of the molecule is N#CCc1ccc(-c2ccccc2F)c(=O)[nH]1. The molecular formula is C13H9FN2O. The van der Waals surface area contributed by atoms with Gasteiger partial charge in [0.1, 0.15) is 5.82 Å². The lowest BCUT2D eigenvalue weighted by Gasteiger charge is -2.03. The first-order chi connectivity index (χ1) is 8.22. The van der Waals surface area contributed by atoms with Crippen molar-refractivity contribution in [1.82, 2.24) is 4.98 Å². The molecule has 3 nitrogen and oxygen atoms in total. The van der Waals surface area contributed by atoms with E-state index in [0.717, 1.165) is 0 Å². The van der Waals surface area contributed by atoms with Crippen LogP contribution in [0.2, 0.25) is 0 Å². The zero-order chi connectivity index (χ0) is 12.3. The topological polar surface area (TPSA) is 56.6 Å². The average molecular weight is 228 g/mol. The van der Waals surface area contributed by atoms with Crippen LogP contribution in [-0.4, -0.2) is 4.98 Å². The van der Waals surface area contributed by atoms with Gasteiger partial charge in [-0.15, -0.1) is 0 Å². The predicted octanol–water partition coefficient (Wildman–Crippen LogP) is 2.25. The number of nitriles is 1. The number of rotatable bonds is 2. The molecule has 0 aliphatic carbocycles. The molecule has 17 heavy (non-hydrogen) atoms. The number of benzene rings is 1. The van der Waals surface area contributed by atoms with Crippen LogP contribution in [0.25, 0.3) is 11.1 Å². The summed E-state index contributed by atoms with van der Waals surface area (Å²) in [5.74, 6) is -0.439. The van der Waals surface area contributed by atoms with Crippen molar-refractivity contribution in [2.24, 2.45) is 0 Å². The van der Waals surface area contributed by atoms with Gasteiger partial charge in [0, 0.05) is 16.8 Å². The molecule has 0 amide bonds. The minimum atomic E-state index is -0.439. The Hall–Kier alpha value is -2.41. The van der Waals surface area contributed by atoms with Crippen LogP contribution >= 0.6 is 0 Å². The second-order valence-corrected chi connectivity index (χ2v) is 3.54. The summed E-state index contributed by atoms with van der Waals surface area (Å²) < 4.78 is 13.5. The van der Waals surface area contributed by atoms with Gasteiger partial charge in [-0.05, 0) is 18.2 Å². The highest BCUT2D eigenvalue weighted by atomic mass is 19.1. The lowest BCUT2D eigenvalue weighted by atomic mass is 10.1. The largest absolute Gasteiger partial charge is 0.325 e. The van der Waals surface area contributed by atoms with Gasteiger partial charge in [-0.3, -0.25) is 4.79 Å². The Morgan fingerprint density at radius 3 is 2.59 bits per heavy atom. The molecule has 1 N–H and O–H groups in total. The van der Waals surface area contributed by atoms with Crippen molar-refractivity contribution >= 4 is 0 Å². The third-order valence-corrected chi connectivity index (χ3v) is 2.40. The van der Waals surface area contributed by atoms with E-state index in [9.17, 15) is 9.18 Å². The summed E-state index contributed by atoms with van der Waals surface area (Å²) in [5.41, 5.74) is 0.669. The average Bonchev–Trinajstić information content (AvgIpc) is 2.31. The molecule has 0 unspecified atom stereocenters. The van der Waals surface area contributed by atoms with Crippen molar-refractivity contribution in [3.63, 3.8) is 0 Å². The molecular weight excluding hydrogens is 219 g/mol. The minimum Gasteiger partial charge on any atom is -0.325 e. The van der Waals surface area contributed by atoms with Gasteiger partial charge >= 0.3 is 0 Å². The third kappa shape index (κ3) is 2.23. The zero-order valence-electron chi connectivity index (χ0n) is 8.90. The van der Waals surface area contributed by atoms with E-state index >= 15 is 0 Å². The fourth-order valence-corrected chi connectivity index (χ4v) is 1.59. The summed E-state index contributed by atoms with van der Waals surface area (Å²) in [6, 6.07) is 11.2. The second kappa shape index (κ2) is 4.62. The van der Waals surface area contributed by atoms with E-state index in [1.54, 1.807) is 24.3 Å². The van der Waals surface area contributed by atoms with Crippen LogP contribution in [0.3, 0.4) is 0 Å². The van der Waals surface area contributed by atoms with Gasteiger partial charge < -0.3 is 4.98 Å². The van der Waals surface area contributed by atoms with Crippen molar-refractivity contribution in [1.29, 1.82) is 5.26 Å². The minimum absolute atomic E-state index is 0.132. The molecule has 2 rings (SSSR count). The summed E-state index contributed by atoms with van der Waals surface area (Å²) in [5, 5.41) is 8.51. The van der Waals surface area contributed by atoms with Crippen LogP contribution in [0, 0.1) is 17.1 Å². The van der Waals surface area contributed by atoms with E-state index < -0.39 is 5.82 Å². The molecule has 0 bridgehead atoms. The maximum absolute atomic E-state index is 13.5. The predicted molar refractivity (Wildman–Crippen MR) is 61.8 cm³/mol. The summed E-state index contributed by atoms with van der Waals surface area (Å²) in [4.78, 5) is 14.3. The first-order valence-electron chi connectivity index (χ1n) is 5.06. The Morgan fingerprint density at radius 1 is 1.18 bits per heavy atom. The highest BCUT2D eigenvalue weighted by Gasteiger charge is 2.08. The molecule has 0 radical (unpaired) electrons. The van der Waals surface area contributed by atoms with Crippen molar-refractivity contribution in [2.45, 2.75) is 6.42 Å². The highest BCUT2D eigenvalue weighted by molar-refractivity contribution is 5.62. The number of aromatic amines is 1. The van der Waals surface area contributed by atoms with Crippen molar-refractivity contribution < 1.29 is 4.39 Å². The summed E-state index contributed by atoms with van der Waals surface area (Å²) >= 11 is 0. The molecule has 0 spiro atoms. The number of hydrogen-bond acceptors (Lipinski definition) is 2. The van der Waals surface area contributed by atoms with E-state index in [1.807, 2.05) is 6.07 Å². The quantitative estimate of drug-likeness (QED) is 0.857. The number of halogens is 1. The van der Waals surface area contributed by atoms with E-state index in [2.05, 4.69) is 4.98 Å². The Kier molecular flexibility index (Phi) is 3.01. The summed E-state index contributed by atoms with van der Waals surface area (Å²) in [7, 11) is 0. The number of nitrogens with zero attached hydrogens (tertiary/aromatic N) is 1. The van der Waals surface area contributed by atoms with Gasteiger partial charge in [0.05, 0.1) is 12.5 Å². The van der Waals surface area contributed by atoms with Crippen molar-refractivity contribution in [3.05, 3.63) is 58.3 Å². The van der Waals surface area contributed by atoms with Gasteiger partial charge in [0.25, 0.3) is 5.56 Å². The Labute approximate surface area is 97.2 Å². The Balaban J connectivity index is 2.52. The number of hydrogen-bond donors (Lipinski definition) is 1. The first-order valence-corrected chi connectivity index (χ1v) is 5.06. The number of pyridine rings is 1. The fraction of sp³-hybridized carbons (Fsp3) is 0.0769. The molecule has 0 aliphatic heterocycles. The smallest absolute Gasteiger partial charge is 0.256 e. The van der Waals surface area contributed by atoms with Gasteiger partial charge in [-0.1, -0.05) is 18.2 Å². The lowest BCUT2D eigenvalue weighted by Crippen LogP contribution is -2.11. The van der Waals surface area contributed by atoms with Crippen LogP contribution in [0.4, 0.5) is 4.39 Å². The molecule has 0 fully saturated rings. The molecule has 84 valence electrons. The normalized spacial score (nSPS) is 9.88. The molecule has 1 heterocycles. The molecule has 0 saturated heterocycles. The standard InChI is InChI=1S/C13H9FN2O/c14-12-4-2-1-3-10(12)11-6-5-9(7-8-15)16-13(11)17/h1-6H,7H2,(H,16,17). The third-order valence-electron chi connectivity index (χ3n) is 2.40. The molecule has 0 aliphatic rings. The van der Waals surface area contributed by atoms with E-state index in [1.165, 1.54) is 12.1 Å². The molecule has 1 aromatic heterocycles. The van der Waals surface area contributed by atoms with E-state index in [0.29, 0.717) is 5.69 Å². The van der Waals surface area contributed by atoms with Crippen LogP contribution in [0.5, 0.6) is 0 Å². The Morgan fingerprint density at radius 2 is 1.94 bits per heavy atom. The maximum atomic E-state index is 13.5. The lowest BCUT2D eigenvalue weighted by molar-refractivity contribution is 0.631. The van der Waals surface area contributed by atoms with Gasteiger partial charge in [-0.25, -0.2) is 4.39 Å². The molecule has 0 saturated carbocycles. The molecule has 0 atom stereocenters. The molecule has 4 heteroatoms. The first kappa shape index (κ1) is 11.1. The summed E-state index contributed by atoms with van der Waals surface area (Å²) in [6.07, 6.45) is 0.132. The van der Waals surface area contributed by atoms with E-state index in [4.69, 9.17) is 5.26 Å². The fourth-order valence-electron chi connectivity index (χ4n) is 1.59. The number of nitrogens with one attached hydrogen (secondary N) is 1. The second-order valence-electron chi connectivity index (χ2n) is 3.54. The van der Waals surface area contributed by atoms with Gasteiger partial charge in [-0.2, -0.15) is 5.26 Å². The van der Waals surface area contributed by atoms with Crippen LogP contribution < -0.4 is 5.56 Å². The van der Waals surface area contributed by atoms with Gasteiger partial charge in [0.15, 0.2) is 0 Å². The summed E-state index contributed by atoms with van der Waals surface area (Å²) in [6.45, 7) is 0. The van der Waals surface area contributed by atoms with Gasteiger partial charge in [0.2, 0.25) is 0 Å². The van der Waals surface area contributed by atoms with E-state index in [-0.39, 0.29) is 23.1 Å². The Bertz CT molecular complexity index is 640. The monoisotopic (exact) mass is 228 g/mol. The van der Waals surface area contributed by atoms with Crippen molar-refractivity contribution in [3.8, 4) is 17.2 Å². The maximum Gasteiger partial charge on any atom is 0.256 e. The van der Waals surface area contributed by atoms with Crippen LogP contribution in [0.15, 0.2) is 41.2 Å². The highest BCUT2D eigenvalue weighted by Crippen LogP contribution is 2.18. The zero-order valence-corrected chi connectivity index (χ0v) is 8.90. The molecule has 2 aromatic rings. The number of H-pyrrole nitrogens is 1.